The van der Waals surface area contributed by atoms with Crippen LogP contribution in [-0.4, -0.2) is 42.8 Å². The van der Waals surface area contributed by atoms with Crippen LogP contribution < -0.4 is 14.4 Å². The molecule has 3 heterocycles. The molecule has 0 spiro atoms. The third-order valence-electron chi connectivity index (χ3n) is 7.42. The van der Waals surface area contributed by atoms with Gasteiger partial charge in [-0.25, -0.2) is 4.90 Å². The van der Waals surface area contributed by atoms with E-state index in [1.165, 1.54) is 19.1 Å². The fourth-order valence-corrected chi connectivity index (χ4v) is 5.84. The van der Waals surface area contributed by atoms with Gasteiger partial charge in [-0.3, -0.25) is 14.4 Å². The largest absolute Gasteiger partial charge is 0.497 e. The van der Waals surface area contributed by atoms with Crippen LogP contribution in [0.4, 0.5) is 5.69 Å². The number of rotatable bonds is 5. The molecule has 2 amide bonds. The lowest BCUT2D eigenvalue weighted by atomic mass is 9.83. The summed E-state index contributed by atoms with van der Waals surface area (Å²) in [6.07, 6.45) is 3.80. The normalized spacial score (nSPS) is 23.8. The molecule has 7 heteroatoms. The highest BCUT2D eigenvalue weighted by Crippen LogP contribution is 2.54. The molecule has 3 aromatic rings. The lowest BCUT2D eigenvalue weighted by molar-refractivity contribution is -0.123. The predicted molar refractivity (Wildman–Crippen MR) is 134 cm³/mol. The molecule has 4 atom stereocenters. The molecule has 0 saturated carbocycles. The smallest absolute Gasteiger partial charge is 0.240 e. The number of carbonyl (C=O) groups excluding carboxylic acids is 3. The van der Waals surface area contributed by atoms with Crippen molar-refractivity contribution in [2.45, 2.75) is 12.1 Å². The van der Waals surface area contributed by atoms with Crippen LogP contribution in [0.15, 0.2) is 79.0 Å². The van der Waals surface area contributed by atoms with Crippen LogP contribution in [0.25, 0.3) is 6.08 Å². The first-order valence-corrected chi connectivity index (χ1v) is 11.8. The van der Waals surface area contributed by atoms with Gasteiger partial charge >= 0.3 is 0 Å². The summed E-state index contributed by atoms with van der Waals surface area (Å²) in [4.78, 5) is 45.0. The molecule has 0 unspecified atom stereocenters. The predicted octanol–water partition coefficient (Wildman–Crippen LogP) is 4.10. The molecule has 2 saturated heterocycles. The van der Waals surface area contributed by atoms with Crippen LogP contribution in [0.3, 0.4) is 0 Å². The van der Waals surface area contributed by atoms with E-state index in [4.69, 9.17) is 9.47 Å². The van der Waals surface area contributed by atoms with Crippen LogP contribution in [0.1, 0.15) is 27.5 Å². The van der Waals surface area contributed by atoms with Crippen molar-refractivity contribution in [3.05, 3.63) is 95.7 Å². The van der Waals surface area contributed by atoms with Gasteiger partial charge in [-0.2, -0.15) is 0 Å². The van der Waals surface area contributed by atoms with Gasteiger partial charge in [0.2, 0.25) is 11.8 Å². The zero-order chi connectivity index (χ0) is 25.0. The SMILES string of the molecule is COc1ccc(N2C(=O)[C@@H]3[C@H](C2=O)[C@H]2c4ccccc4C=CN2[C@@H]3C(=O)c2ccccc2)c(OC)c1. The summed E-state index contributed by atoms with van der Waals surface area (Å²) in [5.74, 6) is -1.57. The lowest BCUT2D eigenvalue weighted by Crippen LogP contribution is -2.44. The van der Waals surface area contributed by atoms with E-state index >= 15 is 0 Å². The third-order valence-corrected chi connectivity index (χ3v) is 7.42. The zero-order valence-electron chi connectivity index (χ0n) is 19.8. The van der Waals surface area contributed by atoms with Crippen molar-refractivity contribution in [1.82, 2.24) is 4.90 Å². The van der Waals surface area contributed by atoms with E-state index in [0.29, 0.717) is 22.7 Å². The summed E-state index contributed by atoms with van der Waals surface area (Å²) in [6.45, 7) is 0. The number of ketones is 1. The Bertz CT molecular complexity index is 1420. The second-order valence-corrected chi connectivity index (χ2v) is 9.11. The number of anilines is 1. The van der Waals surface area contributed by atoms with Crippen molar-refractivity contribution in [1.29, 1.82) is 0 Å². The van der Waals surface area contributed by atoms with E-state index in [1.807, 2.05) is 47.5 Å². The van der Waals surface area contributed by atoms with Crippen molar-refractivity contribution in [3.63, 3.8) is 0 Å². The van der Waals surface area contributed by atoms with E-state index in [1.54, 1.807) is 42.5 Å². The highest BCUT2D eigenvalue weighted by atomic mass is 16.5. The molecule has 0 aromatic heterocycles. The maximum atomic E-state index is 14.0. The number of hydrogen-bond acceptors (Lipinski definition) is 6. The Hall–Kier alpha value is -4.39. The van der Waals surface area contributed by atoms with Crippen molar-refractivity contribution in [2.75, 3.05) is 19.1 Å². The number of amides is 2. The van der Waals surface area contributed by atoms with E-state index in [9.17, 15) is 14.4 Å². The van der Waals surface area contributed by atoms with E-state index < -0.39 is 29.8 Å². The summed E-state index contributed by atoms with van der Waals surface area (Å²) in [7, 11) is 3.02. The molecule has 6 rings (SSSR count). The fourth-order valence-electron chi connectivity index (χ4n) is 5.84. The molecule has 36 heavy (non-hydrogen) atoms. The summed E-state index contributed by atoms with van der Waals surface area (Å²) < 4.78 is 10.8. The second-order valence-electron chi connectivity index (χ2n) is 9.11. The van der Waals surface area contributed by atoms with Gasteiger partial charge in [-0.1, -0.05) is 54.6 Å². The van der Waals surface area contributed by atoms with Gasteiger partial charge in [0.25, 0.3) is 0 Å². The first kappa shape index (κ1) is 22.1. The molecule has 3 aliphatic heterocycles. The number of ether oxygens (including phenoxy) is 2. The lowest BCUT2D eigenvalue weighted by Gasteiger charge is -2.35. The number of carbonyl (C=O) groups is 3. The van der Waals surface area contributed by atoms with Crippen LogP contribution in [0.2, 0.25) is 0 Å². The minimum absolute atomic E-state index is 0.179. The number of imide groups is 1. The molecular weight excluding hydrogens is 456 g/mol. The summed E-state index contributed by atoms with van der Waals surface area (Å²) >= 11 is 0. The highest BCUT2D eigenvalue weighted by Gasteiger charge is 2.64. The van der Waals surface area contributed by atoms with Gasteiger partial charge in [0, 0.05) is 17.8 Å². The quantitative estimate of drug-likeness (QED) is 0.404. The van der Waals surface area contributed by atoms with Gasteiger partial charge in [-0.05, 0) is 29.3 Å². The Kier molecular flexibility index (Phi) is 5.14. The minimum atomic E-state index is -0.835. The molecule has 0 bridgehead atoms. The van der Waals surface area contributed by atoms with Crippen LogP contribution in [0.5, 0.6) is 11.5 Å². The van der Waals surface area contributed by atoms with Crippen molar-refractivity contribution < 1.29 is 23.9 Å². The molecule has 0 radical (unpaired) electrons. The van der Waals surface area contributed by atoms with Crippen molar-refractivity contribution >= 4 is 29.4 Å². The highest BCUT2D eigenvalue weighted by molar-refractivity contribution is 6.25. The first-order chi connectivity index (χ1) is 17.5. The zero-order valence-corrected chi connectivity index (χ0v) is 19.8. The monoisotopic (exact) mass is 480 g/mol. The first-order valence-electron chi connectivity index (χ1n) is 11.8. The molecule has 7 nitrogen and oxygen atoms in total. The van der Waals surface area contributed by atoms with Crippen molar-refractivity contribution in [3.8, 4) is 11.5 Å². The van der Waals surface area contributed by atoms with Gasteiger partial charge in [0.15, 0.2) is 5.78 Å². The maximum absolute atomic E-state index is 14.0. The second kappa shape index (κ2) is 8.37. The van der Waals surface area contributed by atoms with Gasteiger partial charge in [0.05, 0.1) is 37.8 Å². The molecule has 2 fully saturated rings. The summed E-state index contributed by atoms with van der Waals surface area (Å²) in [5, 5.41) is 0. The van der Waals surface area contributed by atoms with Crippen LogP contribution in [-0.2, 0) is 9.59 Å². The van der Waals surface area contributed by atoms with Gasteiger partial charge in [0.1, 0.15) is 17.5 Å². The Morgan fingerprint density at radius 3 is 2.31 bits per heavy atom. The molecule has 0 aliphatic carbocycles. The molecule has 3 aliphatic rings. The average molecular weight is 481 g/mol. The standard InChI is InChI=1S/C29H24N2O5/c1-35-19-12-13-21(22(16-19)36-2)31-28(33)23-24(29(31)34)26(27(32)18-9-4-3-5-10-18)30-15-14-17-8-6-7-11-20(17)25(23)30/h3-16,23-26H,1-2H3/t23-,24+,25+,26-/m0/s1. The number of hydrogen-bond donors (Lipinski definition) is 0. The number of methoxy groups -OCH3 is 2. The topological polar surface area (TPSA) is 76.2 Å². The third kappa shape index (κ3) is 3.09. The molecular formula is C29H24N2O5. The molecule has 180 valence electrons. The number of Topliss-reactive ketones (excluding diaryl/α,β-unsaturated/α-hetero) is 1. The molecule has 0 N–H and O–H groups in total. The Morgan fingerprint density at radius 1 is 0.833 bits per heavy atom. The van der Waals surface area contributed by atoms with Crippen LogP contribution in [0, 0.1) is 11.8 Å². The van der Waals surface area contributed by atoms with E-state index in [2.05, 4.69) is 0 Å². The molecule has 3 aromatic carbocycles. The number of fused-ring (bicyclic) bond motifs is 5. The summed E-state index contributed by atoms with van der Waals surface area (Å²) in [6, 6.07) is 20.5. The van der Waals surface area contributed by atoms with Crippen molar-refractivity contribution in [2.24, 2.45) is 11.8 Å². The Balaban J connectivity index is 1.50. The minimum Gasteiger partial charge on any atom is -0.497 e. The van der Waals surface area contributed by atoms with Gasteiger partial charge in [-0.15, -0.1) is 0 Å². The number of benzene rings is 3. The Morgan fingerprint density at radius 2 is 1.56 bits per heavy atom. The summed E-state index contributed by atoms with van der Waals surface area (Å²) in [5.41, 5.74) is 2.77. The number of nitrogens with zero attached hydrogens (tertiary/aromatic N) is 2. The maximum Gasteiger partial charge on any atom is 0.240 e. The Labute approximate surface area is 208 Å². The van der Waals surface area contributed by atoms with E-state index in [-0.39, 0.29) is 11.7 Å². The fraction of sp³-hybridized carbons (Fsp3) is 0.207. The van der Waals surface area contributed by atoms with Crippen LogP contribution >= 0.6 is 0 Å². The van der Waals surface area contributed by atoms with E-state index in [0.717, 1.165) is 11.1 Å². The van der Waals surface area contributed by atoms with Gasteiger partial charge < -0.3 is 14.4 Å². The average Bonchev–Trinajstić information content (AvgIpc) is 3.40.